The Kier molecular flexibility index (Phi) is 3.97. The highest BCUT2D eigenvalue weighted by Gasteiger charge is 2.30. The molecule has 1 aliphatic heterocycles. The molecule has 0 spiro atoms. The molecule has 1 aliphatic carbocycles. The van der Waals surface area contributed by atoms with E-state index in [-0.39, 0.29) is 6.10 Å². The maximum atomic E-state index is 13.0. The highest BCUT2D eigenvalue weighted by molar-refractivity contribution is 5.11. The molecule has 1 aromatic rings. The maximum absolute atomic E-state index is 13.0. The van der Waals surface area contributed by atoms with Crippen LogP contribution < -0.4 is 4.74 Å². The Morgan fingerprint density at radius 2 is 2.00 bits per heavy atom. The third kappa shape index (κ3) is 3.24. The van der Waals surface area contributed by atoms with Crippen LogP contribution in [0.5, 0.6) is 5.88 Å². The van der Waals surface area contributed by atoms with Gasteiger partial charge >= 0.3 is 0 Å². The van der Waals surface area contributed by atoms with Crippen molar-refractivity contribution in [1.82, 2.24) is 9.88 Å². The standard InChI is InChI=1S/C15H21FN2O/c16-14-7-4-8-15(17-14)19-13-9-10-18(11-13)12-5-2-1-3-6-12/h4,7-8,12-13H,1-3,5-6,9-11H2. The van der Waals surface area contributed by atoms with Gasteiger partial charge in [0, 0.05) is 25.2 Å². The number of pyridine rings is 1. The van der Waals surface area contributed by atoms with Gasteiger partial charge in [-0.1, -0.05) is 25.3 Å². The summed E-state index contributed by atoms with van der Waals surface area (Å²) in [6, 6.07) is 5.45. The fraction of sp³-hybridized carbons (Fsp3) is 0.667. The summed E-state index contributed by atoms with van der Waals surface area (Å²) in [6.07, 6.45) is 7.94. The fourth-order valence-electron chi connectivity index (χ4n) is 3.25. The topological polar surface area (TPSA) is 25.4 Å². The SMILES string of the molecule is Fc1cccc(OC2CCN(C3CCCCC3)C2)n1. The lowest BCUT2D eigenvalue weighted by Crippen LogP contribution is -2.36. The summed E-state index contributed by atoms with van der Waals surface area (Å²) in [4.78, 5) is 6.31. The maximum Gasteiger partial charge on any atom is 0.216 e. The molecule has 3 rings (SSSR count). The third-order valence-corrected chi connectivity index (χ3v) is 4.24. The molecular weight excluding hydrogens is 243 g/mol. The van der Waals surface area contributed by atoms with Gasteiger partial charge in [0.15, 0.2) is 0 Å². The lowest BCUT2D eigenvalue weighted by molar-refractivity contribution is 0.151. The molecule has 2 heterocycles. The van der Waals surface area contributed by atoms with E-state index in [0.29, 0.717) is 5.88 Å². The van der Waals surface area contributed by atoms with Gasteiger partial charge in [-0.2, -0.15) is 9.37 Å². The van der Waals surface area contributed by atoms with E-state index < -0.39 is 5.95 Å². The van der Waals surface area contributed by atoms with Crippen LogP contribution in [-0.2, 0) is 0 Å². The molecule has 19 heavy (non-hydrogen) atoms. The Bertz CT molecular complexity index is 420. The largest absolute Gasteiger partial charge is 0.473 e. The normalized spacial score (nSPS) is 25.6. The van der Waals surface area contributed by atoms with Gasteiger partial charge in [-0.15, -0.1) is 0 Å². The highest BCUT2D eigenvalue weighted by atomic mass is 19.1. The van der Waals surface area contributed by atoms with Crippen molar-refractivity contribution < 1.29 is 9.13 Å². The summed E-state index contributed by atoms with van der Waals surface area (Å²) in [5.41, 5.74) is 0. The van der Waals surface area contributed by atoms with Crippen LogP contribution in [0.3, 0.4) is 0 Å². The molecule has 0 amide bonds. The van der Waals surface area contributed by atoms with Crippen LogP contribution in [-0.4, -0.2) is 35.1 Å². The van der Waals surface area contributed by atoms with Crippen molar-refractivity contribution in [3.63, 3.8) is 0 Å². The Hall–Kier alpha value is -1.16. The van der Waals surface area contributed by atoms with Crippen LogP contribution in [0.25, 0.3) is 0 Å². The van der Waals surface area contributed by atoms with E-state index in [1.807, 2.05) is 0 Å². The average molecular weight is 264 g/mol. The Labute approximate surface area is 113 Å². The highest BCUT2D eigenvalue weighted by Crippen LogP contribution is 2.26. The molecule has 4 heteroatoms. The summed E-state index contributed by atoms with van der Waals surface area (Å²) in [5, 5.41) is 0. The van der Waals surface area contributed by atoms with E-state index >= 15 is 0 Å². The number of likely N-dealkylation sites (tertiary alicyclic amines) is 1. The monoisotopic (exact) mass is 264 g/mol. The summed E-state index contributed by atoms with van der Waals surface area (Å²) in [6.45, 7) is 2.06. The average Bonchev–Trinajstić information content (AvgIpc) is 2.88. The molecule has 0 radical (unpaired) electrons. The summed E-state index contributed by atoms with van der Waals surface area (Å²) >= 11 is 0. The number of ether oxygens (including phenoxy) is 1. The first-order valence-corrected chi connectivity index (χ1v) is 7.34. The number of hydrogen-bond donors (Lipinski definition) is 0. The first-order valence-electron chi connectivity index (χ1n) is 7.34. The molecule has 1 unspecified atom stereocenters. The molecule has 2 fully saturated rings. The van der Waals surface area contributed by atoms with Crippen molar-refractivity contribution in [2.24, 2.45) is 0 Å². The Balaban J connectivity index is 1.54. The molecule has 0 N–H and O–H groups in total. The minimum atomic E-state index is -0.473. The van der Waals surface area contributed by atoms with Gasteiger partial charge in [-0.3, -0.25) is 4.90 Å². The lowest BCUT2D eigenvalue weighted by Gasteiger charge is -2.30. The zero-order chi connectivity index (χ0) is 13.1. The van der Waals surface area contributed by atoms with Crippen molar-refractivity contribution in [2.45, 2.75) is 50.7 Å². The van der Waals surface area contributed by atoms with E-state index in [9.17, 15) is 4.39 Å². The predicted molar refractivity (Wildman–Crippen MR) is 71.7 cm³/mol. The van der Waals surface area contributed by atoms with Gasteiger partial charge in [-0.25, -0.2) is 0 Å². The second kappa shape index (κ2) is 5.87. The van der Waals surface area contributed by atoms with Crippen molar-refractivity contribution in [3.05, 3.63) is 24.1 Å². The number of rotatable bonds is 3. The number of halogens is 1. The number of aromatic nitrogens is 1. The zero-order valence-electron chi connectivity index (χ0n) is 11.2. The van der Waals surface area contributed by atoms with Crippen molar-refractivity contribution in [3.8, 4) is 5.88 Å². The molecule has 0 aromatic carbocycles. The van der Waals surface area contributed by atoms with Gasteiger partial charge < -0.3 is 4.74 Å². The fourth-order valence-corrected chi connectivity index (χ4v) is 3.25. The van der Waals surface area contributed by atoms with Gasteiger partial charge in [0.05, 0.1) is 0 Å². The van der Waals surface area contributed by atoms with Crippen LogP contribution in [0.15, 0.2) is 18.2 Å². The first kappa shape index (κ1) is 12.9. The van der Waals surface area contributed by atoms with E-state index in [4.69, 9.17) is 4.74 Å². The van der Waals surface area contributed by atoms with E-state index in [2.05, 4.69) is 9.88 Å². The second-order valence-corrected chi connectivity index (χ2v) is 5.61. The van der Waals surface area contributed by atoms with Crippen molar-refractivity contribution in [2.75, 3.05) is 13.1 Å². The van der Waals surface area contributed by atoms with Gasteiger partial charge in [0.1, 0.15) is 6.10 Å². The van der Waals surface area contributed by atoms with Gasteiger partial charge in [0.25, 0.3) is 0 Å². The predicted octanol–water partition coefficient (Wildman–Crippen LogP) is 3.01. The molecule has 1 atom stereocenters. The second-order valence-electron chi connectivity index (χ2n) is 5.61. The smallest absolute Gasteiger partial charge is 0.216 e. The minimum Gasteiger partial charge on any atom is -0.473 e. The molecule has 1 aromatic heterocycles. The minimum absolute atomic E-state index is 0.163. The summed E-state index contributed by atoms with van der Waals surface area (Å²) in [5.74, 6) is -0.0601. The number of hydrogen-bond acceptors (Lipinski definition) is 3. The van der Waals surface area contributed by atoms with E-state index in [1.165, 1.54) is 38.2 Å². The molecule has 0 bridgehead atoms. The quantitative estimate of drug-likeness (QED) is 0.785. The molecule has 3 nitrogen and oxygen atoms in total. The zero-order valence-corrected chi connectivity index (χ0v) is 11.2. The Morgan fingerprint density at radius 3 is 2.79 bits per heavy atom. The number of nitrogens with zero attached hydrogens (tertiary/aromatic N) is 2. The lowest BCUT2D eigenvalue weighted by atomic mass is 9.94. The van der Waals surface area contributed by atoms with Crippen LogP contribution in [0.1, 0.15) is 38.5 Å². The molecule has 1 saturated heterocycles. The summed E-state index contributed by atoms with van der Waals surface area (Å²) in [7, 11) is 0. The molecule has 1 saturated carbocycles. The van der Waals surface area contributed by atoms with Gasteiger partial charge in [0.2, 0.25) is 11.8 Å². The molecule has 2 aliphatic rings. The van der Waals surface area contributed by atoms with E-state index in [0.717, 1.165) is 25.6 Å². The third-order valence-electron chi connectivity index (χ3n) is 4.24. The van der Waals surface area contributed by atoms with Crippen molar-refractivity contribution in [1.29, 1.82) is 0 Å². The van der Waals surface area contributed by atoms with Crippen LogP contribution in [0.2, 0.25) is 0 Å². The Morgan fingerprint density at radius 1 is 1.16 bits per heavy atom. The molecule has 104 valence electrons. The van der Waals surface area contributed by atoms with Gasteiger partial charge in [-0.05, 0) is 25.3 Å². The summed E-state index contributed by atoms with van der Waals surface area (Å²) < 4.78 is 18.8. The van der Waals surface area contributed by atoms with E-state index in [1.54, 1.807) is 12.1 Å². The van der Waals surface area contributed by atoms with Crippen LogP contribution in [0, 0.1) is 5.95 Å². The molecular formula is C15H21FN2O. The first-order chi connectivity index (χ1) is 9.31. The van der Waals surface area contributed by atoms with Crippen LogP contribution in [0.4, 0.5) is 4.39 Å². The van der Waals surface area contributed by atoms with Crippen LogP contribution >= 0.6 is 0 Å². The van der Waals surface area contributed by atoms with Crippen molar-refractivity contribution >= 4 is 0 Å².